The Morgan fingerprint density at radius 1 is 0.593 bits per heavy atom. The van der Waals surface area contributed by atoms with E-state index in [1.165, 1.54) is 103 Å². The summed E-state index contributed by atoms with van der Waals surface area (Å²) < 4.78 is 0.467. The molecule has 0 N–H and O–H groups in total. The lowest BCUT2D eigenvalue weighted by Gasteiger charge is -2.20. The molecule has 0 spiro atoms. The maximum absolute atomic E-state index is 11.8. The molecule has 0 saturated heterocycles. The summed E-state index contributed by atoms with van der Waals surface area (Å²) in [6.45, 7) is 2.28. The van der Waals surface area contributed by atoms with Gasteiger partial charge in [0.15, 0.2) is 0 Å². The number of rotatable bonds is 19. The molecule has 0 aliphatic heterocycles. The van der Waals surface area contributed by atoms with Crippen molar-refractivity contribution >= 4 is 5.91 Å². The van der Waals surface area contributed by atoms with Crippen LogP contribution in [-0.2, 0) is 4.79 Å². The van der Waals surface area contributed by atoms with Crippen molar-refractivity contribution in [2.75, 3.05) is 21.1 Å². The number of carbonyl (C=O) groups is 1. The highest BCUT2D eigenvalue weighted by Crippen LogP contribution is 2.13. The van der Waals surface area contributed by atoms with Crippen LogP contribution in [0.1, 0.15) is 122 Å². The van der Waals surface area contributed by atoms with E-state index in [9.17, 15) is 4.79 Å². The summed E-state index contributed by atoms with van der Waals surface area (Å²) in [7, 11) is 5.90. The number of hydrogen-bond acceptors (Lipinski definition) is 1. The van der Waals surface area contributed by atoms with E-state index in [4.69, 9.17) is 0 Å². The molecule has 0 rings (SSSR count). The first-order valence-electron chi connectivity index (χ1n) is 12.0. The van der Waals surface area contributed by atoms with Crippen molar-refractivity contribution in [1.29, 1.82) is 0 Å². The Hall–Kier alpha value is -0.630. The van der Waals surface area contributed by atoms with Crippen LogP contribution in [0.5, 0.6) is 0 Å². The topological polar surface area (TPSA) is 17.1 Å². The van der Waals surface area contributed by atoms with Crippen LogP contribution in [0.2, 0.25) is 0 Å². The molecule has 1 amide bonds. The van der Waals surface area contributed by atoms with Gasteiger partial charge in [-0.15, -0.1) is 0 Å². The minimum Gasteiger partial charge on any atom is -0.268 e. The van der Waals surface area contributed by atoms with Gasteiger partial charge >= 0.3 is 5.91 Å². The van der Waals surface area contributed by atoms with Gasteiger partial charge in [-0.25, -0.2) is 4.79 Å². The van der Waals surface area contributed by atoms with Crippen molar-refractivity contribution in [3.8, 4) is 0 Å². The van der Waals surface area contributed by atoms with Gasteiger partial charge in [-0.1, -0.05) is 96.1 Å². The Bertz CT molecular complexity index is 354. The zero-order chi connectivity index (χ0) is 20.2. The largest absolute Gasteiger partial charge is 0.313 e. The van der Waals surface area contributed by atoms with Gasteiger partial charge in [0.1, 0.15) is 0 Å². The van der Waals surface area contributed by atoms with E-state index in [1.807, 2.05) is 21.1 Å². The highest BCUT2D eigenvalue weighted by molar-refractivity contribution is 5.68. The van der Waals surface area contributed by atoms with E-state index in [2.05, 4.69) is 19.1 Å². The third kappa shape index (κ3) is 19.9. The Morgan fingerprint density at radius 2 is 0.963 bits per heavy atom. The smallest absolute Gasteiger partial charge is 0.268 e. The molecule has 0 aromatic carbocycles. The highest BCUT2D eigenvalue weighted by atomic mass is 16.2. The van der Waals surface area contributed by atoms with Gasteiger partial charge in [-0.05, 0) is 32.1 Å². The Kier molecular flexibility index (Phi) is 18.3. The standard InChI is InChI=1S/C25H50NO/c1-5-6-7-8-9-10-11-12-13-14-15-16-17-18-19-20-21-22-23-24-25(27)26(2,3)4/h12-13H,5-11,14-24H2,1-4H3/q+1/b13-12-. The molecule has 0 fully saturated rings. The monoisotopic (exact) mass is 380 g/mol. The van der Waals surface area contributed by atoms with Gasteiger partial charge in [-0.2, -0.15) is 0 Å². The molecule has 0 atom stereocenters. The molecule has 0 bridgehead atoms. The van der Waals surface area contributed by atoms with Crippen LogP contribution in [0, 0.1) is 0 Å². The number of quaternary nitrogens is 1. The van der Waals surface area contributed by atoms with E-state index in [0.29, 0.717) is 10.4 Å². The third-order valence-electron chi connectivity index (χ3n) is 5.40. The van der Waals surface area contributed by atoms with Crippen LogP contribution in [-0.4, -0.2) is 31.5 Å². The fraction of sp³-hybridized carbons (Fsp3) is 0.880. The molecule has 2 nitrogen and oxygen atoms in total. The lowest BCUT2D eigenvalue weighted by atomic mass is 10.1. The molecule has 0 aromatic rings. The van der Waals surface area contributed by atoms with Crippen molar-refractivity contribution in [1.82, 2.24) is 0 Å². The summed E-state index contributed by atoms with van der Waals surface area (Å²) in [6, 6.07) is 0. The summed E-state index contributed by atoms with van der Waals surface area (Å²) in [6.07, 6.45) is 28.4. The number of amides is 1. The maximum atomic E-state index is 11.8. The van der Waals surface area contributed by atoms with Gasteiger partial charge in [0.2, 0.25) is 0 Å². The first kappa shape index (κ1) is 26.4. The van der Waals surface area contributed by atoms with Crippen molar-refractivity contribution in [2.24, 2.45) is 0 Å². The van der Waals surface area contributed by atoms with E-state index in [1.54, 1.807) is 0 Å². The quantitative estimate of drug-likeness (QED) is 0.127. The molecule has 160 valence electrons. The molecule has 0 radical (unpaired) electrons. The van der Waals surface area contributed by atoms with Crippen LogP contribution in [0.15, 0.2) is 12.2 Å². The van der Waals surface area contributed by atoms with Crippen molar-refractivity contribution in [3.63, 3.8) is 0 Å². The zero-order valence-corrected chi connectivity index (χ0v) is 19.2. The fourth-order valence-corrected chi connectivity index (χ4v) is 3.39. The maximum Gasteiger partial charge on any atom is 0.313 e. The second-order valence-electron chi connectivity index (χ2n) is 9.15. The molecule has 0 heterocycles. The summed E-state index contributed by atoms with van der Waals surface area (Å²) in [5, 5.41) is 0. The predicted molar refractivity (Wildman–Crippen MR) is 121 cm³/mol. The number of nitrogens with zero attached hydrogens (tertiary/aromatic N) is 1. The van der Waals surface area contributed by atoms with Crippen LogP contribution in [0.25, 0.3) is 0 Å². The zero-order valence-electron chi connectivity index (χ0n) is 19.2. The number of carbonyl (C=O) groups excluding carboxylic acids is 1. The van der Waals surface area contributed by atoms with Gasteiger partial charge < -0.3 is 0 Å². The molecular formula is C25H50NO+. The van der Waals surface area contributed by atoms with Gasteiger partial charge in [0.05, 0.1) is 27.6 Å². The molecular weight excluding hydrogens is 330 g/mol. The fourth-order valence-electron chi connectivity index (χ4n) is 3.39. The second-order valence-corrected chi connectivity index (χ2v) is 9.15. The minimum absolute atomic E-state index is 0.357. The van der Waals surface area contributed by atoms with Gasteiger partial charge in [0, 0.05) is 0 Å². The van der Waals surface area contributed by atoms with Crippen LogP contribution in [0.3, 0.4) is 0 Å². The van der Waals surface area contributed by atoms with Crippen molar-refractivity contribution < 1.29 is 9.28 Å². The molecule has 0 aliphatic carbocycles. The van der Waals surface area contributed by atoms with E-state index >= 15 is 0 Å². The first-order valence-corrected chi connectivity index (χ1v) is 12.0. The molecule has 0 aliphatic rings. The average molecular weight is 381 g/mol. The summed E-state index contributed by atoms with van der Waals surface area (Å²) in [5.41, 5.74) is 0. The summed E-state index contributed by atoms with van der Waals surface area (Å²) in [5.74, 6) is 0.357. The van der Waals surface area contributed by atoms with Crippen molar-refractivity contribution in [3.05, 3.63) is 12.2 Å². The molecule has 0 saturated carbocycles. The lowest BCUT2D eigenvalue weighted by Crippen LogP contribution is -2.40. The van der Waals surface area contributed by atoms with Crippen molar-refractivity contribution in [2.45, 2.75) is 122 Å². The predicted octanol–water partition coefficient (Wildman–Crippen LogP) is 7.82. The Morgan fingerprint density at radius 3 is 1.37 bits per heavy atom. The molecule has 2 heteroatoms. The van der Waals surface area contributed by atoms with Crippen LogP contribution >= 0.6 is 0 Å². The summed E-state index contributed by atoms with van der Waals surface area (Å²) >= 11 is 0. The van der Waals surface area contributed by atoms with Crippen LogP contribution in [0.4, 0.5) is 0 Å². The second kappa shape index (κ2) is 18.7. The molecule has 0 unspecified atom stereocenters. The summed E-state index contributed by atoms with van der Waals surface area (Å²) in [4.78, 5) is 11.8. The Balaban J connectivity index is 3.19. The van der Waals surface area contributed by atoms with Crippen LogP contribution < -0.4 is 0 Å². The van der Waals surface area contributed by atoms with E-state index in [0.717, 1.165) is 12.8 Å². The normalized spacial score (nSPS) is 12.1. The number of allylic oxidation sites excluding steroid dienone is 2. The third-order valence-corrected chi connectivity index (χ3v) is 5.40. The van der Waals surface area contributed by atoms with E-state index < -0.39 is 0 Å². The first-order chi connectivity index (χ1) is 13.0. The SMILES string of the molecule is CCCCCCCC/C=C\CCCCCCCCCCCC(=O)[N+](C)(C)C. The Labute approximate surface area is 171 Å². The molecule has 27 heavy (non-hydrogen) atoms. The van der Waals surface area contributed by atoms with E-state index in [-0.39, 0.29) is 0 Å². The average Bonchev–Trinajstić information content (AvgIpc) is 2.62. The number of unbranched alkanes of at least 4 members (excludes halogenated alkanes) is 15. The van der Waals surface area contributed by atoms with Gasteiger partial charge in [0.25, 0.3) is 0 Å². The number of hydrogen-bond donors (Lipinski definition) is 0. The van der Waals surface area contributed by atoms with Gasteiger partial charge in [-0.3, -0.25) is 4.48 Å². The molecule has 0 aromatic heterocycles. The highest BCUT2D eigenvalue weighted by Gasteiger charge is 2.18. The minimum atomic E-state index is 0.357. The lowest BCUT2D eigenvalue weighted by molar-refractivity contribution is -0.792.